The fourth-order valence-corrected chi connectivity index (χ4v) is 2.82. The molecule has 1 N–H and O–H groups in total. The molecule has 3 atom stereocenters. The van der Waals surface area contributed by atoms with Crippen molar-refractivity contribution in [3.63, 3.8) is 0 Å². The number of piperazine rings is 1. The van der Waals surface area contributed by atoms with E-state index in [1.54, 1.807) is 19.1 Å². The van der Waals surface area contributed by atoms with Crippen LogP contribution in [0.3, 0.4) is 0 Å². The molecule has 6 nitrogen and oxygen atoms in total. The van der Waals surface area contributed by atoms with Gasteiger partial charge in [-0.1, -0.05) is 6.07 Å². The van der Waals surface area contributed by atoms with Crippen LogP contribution in [-0.2, 0) is 0 Å². The summed E-state index contributed by atoms with van der Waals surface area (Å²) in [4.78, 5) is 15.3. The molecule has 0 saturated carbocycles. The van der Waals surface area contributed by atoms with Gasteiger partial charge in [0, 0.05) is 31.2 Å². The van der Waals surface area contributed by atoms with Crippen LogP contribution in [-0.4, -0.2) is 47.2 Å². The van der Waals surface area contributed by atoms with E-state index in [0.29, 0.717) is 23.3 Å². The molecule has 0 amide bonds. The number of nitro groups is 1. The molecule has 0 bridgehead atoms. The van der Waals surface area contributed by atoms with Gasteiger partial charge in [0.25, 0.3) is 5.69 Å². The van der Waals surface area contributed by atoms with E-state index in [-0.39, 0.29) is 10.6 Å². The van der Waals surface area contributed by atoms with Crippen LogP contribution in [0.15, 0.2) is 18.2 Å². The first kappa shape index (κ1) is 15.7. The molecule has 1 heterocycles. The molecule has 1 aliphatic rings. The highest BCUT2D eigenvalue weighted by molar-refractivity contribution is 5.65. The zero-order valence-electron chi connectivity index (χ0n) is 13.0. The number of anilines is 1. The van der Waals surface area contributed by atoms with E-state index in [1.165, 1.54) is 6.07 Å². The first-order valence-electron chi connectivity index (χ1n) is 7.24. The minimum atomic E-state index is -0.705. The van der Waals surface area contributed by atoms with Crippen LogP contribution in [0.4, 0.5) is 11.4 Å². The van der Waals surface area contributed by atoms with Gasteiger partial charge < -0.3 is 10.0 Å². The largest absolute Gasteiger partial charge is 0.389 e. The summed E-state index contributed by atoms with van der Waals surface area (Å²) in [7, 11) is 2.08. The number of rotatable bonds is 3. The van der Waals surface area contributed by atoms with Crippen LogP contribution in [0.25, 0.3) is 0 Å². The van der Waals surface area contributed by atoms with Crippen molar-refractivity contribution >= 4 is 11.4 Å². The Kier molecular flexibility index (Phi) is 4.49. The van der Waals surface area contributed by atoms with Crippen molar-refractivity contribution in [2.45, 2.75) is 39.0 Å². The Balaban J connectivity index is 2.37. The average Bonchev–Trinajstić information content (AvgIpc) is 2.43. The van der Waals surface area contributed by atoms with Crippen molar-refractivity contribution in [1.29, 1.82) is 0 Å². The maximum atomic E-state index is 11.4. The Bertz CT molecular complexity index is 521. The highest BCUT2D eigenvalue weighted by Crippen LogP contribution is 2.33. The molecule has 0 aliphatic carbocycles. The minimum Gasteiger partial charge on any atom is -0.389 e. The Morgan fingerprint density at radius 1 is 1.33 bits per heavy atom. The maximum absolute atomic E-state index is 11.4. The molecule has 2 rings (SSSR count). The number of aliphatic hydroxyl groups is 1. The lowest BCUT2D eigenvalue weighted by Crippen LogP contribution is -2.55. The van der Waals surface area contributed by atoms with E-state index in [4.69, 9.17) is 0 Å². The Morgan fingerprint density at radius 3 is 2.38 bits per heavy atom. The number of nitrogens with zero attached hydrogens (tertiary/aromatic N) is 3. The van der Waals surface area contributed by atoms with Gasteiger partial charge in [0.05, 0.1) is 11.0 Å². The topological polar surface area (TPSA) is 69.8 Å². The summed E-state index contributed by atoms with van der Waals surface area (Å²) in [5.41, 5.74) is 1.27. The summed E-state index contributed by atoms with van der Waals surface area (Å²) in [5, 5.41) is 21.0. The number of hydrogen-bond donors (Lipinski definition) is 1. The first-order valence-corrected chi connectivity index (χ1v) is 7.24. The number of hydrogen-bond acceptors (Lipinski definition) is 5. The lowest BCUT2D eigenvalue weighted by Gasteiger charge is -2.43. The molecule has 1 aliphatic heterocycles. The molecule has 3 unspecified atom stereocenters. The van der Waals surface area contributed by atoms with Gasteiger partial charge in [0.2, 0.25) is 0 Å². The molecule has 0 radical (unpaired) electrons. The van der Waals surface area contributed by atoms with Crippen molar-refractivity contribution < 1.29 is 10.0 Å². The van der Waals surface area contributed by atoms with Gasteiger partial charge in [-0.25, -0.2) is 0 Å². The number of aliphatic hydroxyl groups excluding tert-OH is 1. The first-order chi connectivity index (χ1) is 9.81. The van der Waals surface area contributed by atoms with Crippen LogP contribution in [0.1, 0.15) is 32.4 Å². The van der Waals surface area contributed by atoms with Crippen molar-refractivity contribution in [1.82, 2.24) is 4.90 Å². The predicted molar refractivity (Wildman–Crippen MR) is 82.6 cm³/mol. The fraction of sp³-hybridized carbons (Fsp3) is 0.600. The van der Waals surface area contributed by atoms with Gasteiger partial charge in [-0.15, -0.1) is 0 Å². The zero-order valence-corrected chi connectivity index (χ0v) is 13.0. The summed E-state index contributed by atoms with van der Waals surface area (Å²) in [6.07, 6.45) is -0.705. The molecule has 21 heavy (non-hydrogen) atoms. The highest BCUT2D eigenvalue weighted by atomic mass is 16.6. The normalized spacial score (nSPS) is 24.9. The Labute approximate surface area is 125 Å². The van der Waals surface area contributed by atoms with E-state index in [0.717, 1.165) is 13.1 Å². The monoisotopic (exact) mass is 293 g/mol. The summed E-state index contributed by atoms with van der Waals surface area (Å²) < 4.78 is 0. The smallest absolute Gasteiger partial charge is 0.292 e. The predicted octanol–water partition coefficient (Wildman–Crippen LogP) is 2.18. The number of nitro benzene ring substituents is 1. The molecule has 1 aromatic carbocycles. The maximum Gasteiger partial charge on any atom is 0.292 e. The summed E-state index contributed by atoms with van der Waals surface area (Å²) >= 11 is 0. The summed E-state index contributed by atoms with van der Waals surface area (Å²) in [6, 6.07) is 5.67. The molecular formula is C15H23N3O3. The summed E-state index contributed by atoms with van der Waals surface area (Å²) in [5.74, 6) is 0. The third-order valence-corrected chi connectivity index (χ3v) is 4.38. The fourth-order valence-electron chi connectivity index (χ4n) is 2.82. The van der Waals surface area contributed by atoms with Crippen LogP contribution in [0.2, 0.25) is 0 Å². The number of benzene rings is 1. The van der Waals surface area contributed by atoms with Crippen molar-refractivity contribution in [2.24, 2.45) is 0 Å². The second kappa shape index (κ2) is 5.99. The Hall–Kier alpha value is -1.66. The quantitative estimate of drug-likeness (QED) is 0.683. The van der Waals surface area contributed by atoms with E-state index in [1.807, 2.05) is 0 Å². The van der Waals surface area contributed by atoms with Gasteiger partial charge in [0.1, 0.15) is 5.69 Å². The zero-order chi connectivity index (χ0) is 15.7. The Morgan fingerprint density at radius 2 is 1.90 bits per heavy atom. The van der Waals surface area contributed by atoms with Gasteiger partial charge in [-0.2, -0.15) is 0 Å². The molecule has 0 aromatic heterocycles. The van der Waals surface area contributed by atoms with E-state index in [9.17, 15) is 15.2 Å². The van der Waals surface area contributed by atoms with Crippen LogP contribution in [0.5, 0.6) is 0 Å². The average molecular weight is 293 g/mol. The van der Waals surface area contributed by atoms with Gasteiger partial charge in [-0.3, -0.25) is 15.0 Å². The van der Waals surface area contributed by atoms with Crippen molar-refractivity contribution in [2.75, 3.05) is 25.0 Å². The third kappa shape index (κ3) is 3.16. The number of likely N-dealkylation sites (N-methyl/N-ethyl adjacent to an activating group) is 1. The second-order valence-electron chi connectivity index (χ2n) is 5.95. The molecule has 1 aromatic rings. The van der Waals surface area contributed by atoms with Crippen molar-refractivity contribution in [3.05, 3.63) is 33.9 Å². The SMILES string of the molecule is CC(O)c1ccc(N2CC(C)N(C)C(C)C2)c([N+](=O)[O-])c1. The van der Waals surface area contributed by atoms with E-state index < -0.39 is 6.10 Å². The van der Waals surface area contributed by atoms with Crippen LogP contribution < -0.4 is 4.90 Å². The standard InChI is InChI=1S/C15H23N3O3/c1-10-8-17(9-11(2)16(10)4)14-6-5-13(12(3)19)7-15(14)18(20)21/h5-7,10-12,19H,8-9H2,1-4H3. The lowest BCUT2D eigenvalue weighted by atomic mass is 10.0. The van der Waals surface area contributed by atoms with E-state index in [2.05, 4.69) is 30.7 Å². The van der Waals surface area contributed by atoms with Gasteiger partial charge in [0.15, 0.2) is 0 Å². The van der Waals surface area contributed by atoms with E-state index >= 15 is 0 Å². The summed E-state index contributed by atoms with van der Waals surface area (Å²) in [6.45, 7) is 7.38. The molecule has 0 spiro atoms. The molecule has 116 valence electrons. The molecular weight excluding hydrogens is 270 g/mol. The van der Waals surface area contributed by atoms with Gasteiger partial charge in [-0.05, 0) is 39.4 Å². The highest BCUT2D eigenvalue weighted by Gasteiger charge is 2.30. The molecule has 1 fully saturated rings. The lowest BCUT2D eigenvalue weighted by molar-refractivity contribution is -0.384. The van der Waals surface area contributed by atoms with Crippen molar-refractivity contribution in [3.8, 4) is 0 Å². The second-order valence-corrected chi connectivity index (χ2v) is 5.95. The van der Waals surface area contributed by atoms with Crippen LogP contribution >= 0.6 is 0 Å². The van der Waals surface area contributed by atoms with Crippen LogP contribution in [0, 0.1) is 10.1 Å². The molecule has 6 heteroatoms. The van der Waals surface area contributed by atoms with Gasteiger partial charge >= 0.3 is 0 Å². The molecule has 1 saturated heterocycles. The third-order valence-electron chi connectivity index (χ3n) is 4.38. The minimum absolute atomic E-state index is 0.0670.